The molecule has 1 aromatic carbocycles. The van der Waals surface area contributed by atoms with Crippen molar-refractivity contribution >= 4 is 6.03 Å². The number of hydrogen-bond acceptors (Lipinski definition) is 3. The molecule has 0 saturated carbocycles. The predicted octanol–water partition coefficient (Wildman–Crippen LogP) is 2.38. The Balaban J connectivity index is 1.92. The smallest absolute Gasteiger partial charge is 0.317 e. The fourth-order valence-electron chi connectivity index (χ4n) is 2.27. The molecule has 22 heavy (non-hydrogen) atoms. The Morgan fingerprint density at radius 1 is 1.41 bits per heavy atom. The number of phenols is 1. The first-order valence-corrected chi connectivity index (χ1v) is 7.42. The van der Waals surface area contributed by atoms with E-state index in [0.29, 0.717) is 25.2 Å². The van der Waals surface area contributed by atoms with Crippen LogP contribution in [0.15, 0.2) is 42.7 Å². The van der Waals surface area contributed by atoms with Gasteiger partial charge in [0.15, 0.2) is 0 Å². The Bertz CT molecular complexity index is 598. The molecule has 2 aromatic rings. The highest BCUT2D eigenvalue weighted by molar-refractivity contribution is 5.74. The van der Waals surface area contributed by atoms with Crippen molar-refractivity contribution in [3.8, 4) is 5.75 Å². The summed E-state index contributed by atoms with van der Waals surface area (Å²) in [6.07, 6.45) is 3.59. The van der Waals surface area contributed by atoms with Gasteiger partial charge in [-0.2, -0.15) is 5.10 Å². The molecule has 2 N–H and O–H groups in total. The zero-order valence-corrected chi connectivity index (χ0v) is 12.9. The number of urea groups is 1. The van der Waals surface area contributed by atoms with Gasteiger partial charge in [0.05, 0.1) is 12.6 Å². The van der Waals surface area contributed by atoms with Gasteiger partial charge in [0, 0.05) is 31.0 Å². The number of carbonyl (C=O) groups excluding carboxylic acids is 1. The molecule has 6 heteroatoms. The van der Waals surface area contributed by atoms with E-state index in [1.165, 1.54) is 0 Å². The van der Waals surface area contributed by atoms with Crippen molar-refractivity contribution in [1.82, 2.24) is 20.0 Å². The van der Waals surface area contributed by atoms with E-state index in [4.69, 9.17) is 0 Å². The number of nitrogens with one attached hydrogen (secondary N) is 1. The minimum atomic E-state index is -0.257. The highest BCUT2D eigenvalue weighted by Crippen LogP contribution is 2.23. The first-order chi connectivity index (χ1) is 10.6. The molecule has 1 heterocycles. The lowest BCUT2D eigenvalue weighted by Gasteiger charge is -2.24. The van der Waals surface area contributed by atoms with Gasteiger partial charge in [0.25, 0.3) is 0 Å². The number of hydrogen-bond donors (Lipinski definition) is 2. The summed E-state index contributed by atoms with van der Waals surface area (Å²) in [6, 6.07) is 8.48. The number of carbonyl (C=O) groups is 1. The van der Waals surface area contributed by atoms with Crippen LogP contribution in [-0.4, -0.2) is 38.9 Å². The number of rotatable bonds is 6. The van der Waals surface area contributed by atoms with E-state index in [2.05, 4.69) is 10.4 Å². The molecular formula is C16H22N4O2. The maximum atomic E-state index is 12.3. The number of likely N-dealkylation sites (N-methyl/N-ethyl adjacent to an activating group) is 1. The molecule has 1 aromatic heterocycles. The number of amides is 2. The number of nitrogens with zero attached hydrogens (tertiary/aromatic N) is 3. The number of aromatic nitrogens is 2. The van der Waals surface area contributed by atoms with Crippen molar-refractivity contribution in [3.63, 3.8) is 0 Å². The highest BCUT2D eigenvalue weighted by Gasteiger charge is 2.16. The van der Waals surface area contributed by atoms with E-state index < -0.39 is 0 Å². The van der Waals surface area contributed by atoms with Crippen LogP contribution in [0.1, 0.15) is 25.5 Å². The number of para-hydroxylation sites is 1. The second-order valence-electron chi connectivity index (χ2n) is 5.08. The highest BCUT2D eigenvalue weighted by atomic mass is 16.3. The van der Waals surface area contributed by atoms with Gasteiger partial charge in [-0.3, -0.25) is 4.68 Å². The third kappa shape index (κ3) is 4.00. The molecular weight excluding hydrogens is 280 g/mol. The summed E-state index contributed by atoms with van der Waals surface area (Å²) in [5.74, 6) is 0.190. The summed E-state index contributed by atoms with van der Waals surface area (Å²) in [5.41, 5.74) is 0.707. The van der Waals surface area contributed by atoms with Crippen LogP contribution >= 0.6 is 0 Å². The van der Waals surface area contributed by atoms with E-state index in [1.807, 2.05) is 32.2 Å². The first kappa shape index (κ1) is 15.9. The third-order valence-corrected chi connectivity index (χ3v) is 3.57. The van der Waals surface area contributed by atoms with Gasteiger partial charge in [-0.05, 0) is 26.0 Å². The minimum Gasteiger partial charge on any atom is -0.508 e. The maximum Gasteiger partial charge on any atom is 0.317 e. The summed E-state index contributed by atoms with van der Waals surface area (Å²) in [7, 11) is 0. The van der Waals surface area contributed by atoms with Crippen molar-refractivity contribution in [3.05, 3.63) is 48.3 Å². The van der Waals surface area contributed by atoms with Crippen molar-refractivity contribution in [2.24, 2.45) is 0 Å². The van der Waals surface area contributed by atoms with Crippen molar-refractivity contribution in [2.45, 2.75) is 26.4 Å². The second-order valence-corrected chi connectivity index (χ2v) is 5.08. The normalized spacial score (nSPS) is 11.9. The van der Waals surface area contributed by atoms with Crippen molar-refractivity contribution < 1.29 is 9.90 Å². The lowest BCUT2D eigenvalue weighted by Crippen LogP contribution is -2.42. The Hall–Kier alpha value is -2.50. The molecule has 2 amide bonds. The average Bonchev–Trinajstić information content (AvgIpc) is 3.01. The average molecular weight is 302 g/mol. The van der Waals surface area contributed by atoms with Gasteiger partial charge in [-0.25, -0.2) is 4.79 Å². The zero-order valence-electron chi connectivity index (χ0n) is 12.9. The number of phenolic OH excluding ortho intramolecular Hbond substituents is 1. The molecule has 0 bridgehead atoms. The molecule has 0 fully saturated rings. The molecule has 0 spiro atoms. The van der Waals surface area contributed by atoms with Gasteiger partial charge >= 0.3 is 6.03 Å². The van der Waals surface area contributed by atoms with Gasteiger partial charge in [0.1, 0.15) is 5.75 Å². The SMILES string of the molecule is CCN(CCn1cccn1)C(=O)N[C@H](C)c1ccccc1O. The number of benzene rings is 1. The largest absolute Gasteiger partial charge is 0.508 e. The Labute approximate surface area is 130 Å². The van der Waals surface area contributed by atoms with E-state index in [-0.39, 0.29) is 17.8 Å². The summed E-state index contributed by atoms with van der Waals surface area (Å²) >= 11 is 0. The van der Waals surface area contributed by atoms with Crippen LogP contribution in [-0.2, 0) is 6.54 Å². The molecule has 0 aliphatic rings. The molecule has 0 aliphatic carbocycles. The van der Waals surface area contributed by atoms with E-state index in [1.54, 1.807) is 34.0 Å². The van der Waals surface area contributed by atoms with Gasteiger partial charge in [0.2, 0.25) is 0 Å². The topological polar surface area (TPSA) is 70.4 Å². The molecule has 118 valence electrons. The lowest BCUT2D eigenvalue weighted by molar-refractivity contribution is 0.194. The van der Waals surface area contributed by atoms with Crippen LogP contribution in [0.5, 0.6) is 5.75 Å². The maximum absolute atomic E-state index is 12.3. The molecule has 0 aliphatic heterocycles. The van der Waals surface area contributed by atoms with Crippen LogP contribution in [0.25, 0.3) is 0 Å². The Morgan fingerprint density at radius 3 is 2.82 bits per heavy atom. The van der Waals surface area contributed by atoms with E-state index >= 15 is 0 Å². The molecule has 0 radical (unpaired) electrons. The lowest BCUT2D eigenvalue weighted by atomic mass is 10.1. The van der Waals surface area contributed by atoms with Gasteiger partial charge < -0.3 is 15.3 Å². The predicted molar refractivity (Wildman–Crippen MR) is 84.5 cm³/mol. The monoisotopic (exact) mass is 302 g/mol. The van der Waals surface area contributed by atoms with Crippen molar-refractivity contribution in [1.29, 1.82) is 0 Å². The van der Waals surface area contributed by atoms with Gasteiger partial charge in [-0.15, -0.1) is 0 Å². The van der Waals surface area contributed by atoms with Crippen LogP contribution in [0.2, 0.25) is 0 Å². The van der Waals surface area contributed by atoms with Crippen LogP contribution in [0.4, 0.5) is 4.79 Å². The van der Waals surface area contributed by atoms with Crippen LogP contribution in [0.3, 0.4) is 0 Å². The molecule has 6 nitrogen and oxygen atoms in total. The summed E-state index contributed by atoms with van der Waals surface area (Å²) in [6.45, 7) is 5.64. The first-order valence-electron chi connectivity index (χ1n) is 7.42. The van der Waals surface area contributed by atoms with Crippen LogP contribution < -0.4 is 5.32 Å². The fraction of sp³-hybridized carbons (Fsp3) is 0.375. The van der Waals surface area contributed by atoms with Gasteiger partial charge in [-0.1, -0.05) is 18.2 Å². The van der Waals surface area contributed by atoms with E-state index in [9.17, 15) is 9.90 Å². The molecule has 0 saturated heterocycles. The zero-order chi connectivity index (χ0) is 15.9. The summed E-state index contributed by atoms with van der Waals surface area (Å²) in [4.78, 5) is 14.1. The van der Waals surface area contributed by atoms with Crippen LogP contribution in [0, 0.1) is 0 Å². The number of aromatic hydroxyl groups is 1. The standard InChI is InChI=1S/C16H22N4O2/c1-3-19(11-12-20-10-6-9-17-20)16(22)18-13(2)14-7-4-5-8-15(14)21/h4-10,13,21H,3,11-12H2,1-2H3,(H,18,22)/t13-/m1/s1. The Morgan fingerprint density at radius 2 is 2.18 bits per heavy atom. The molecule has 1 atom stereocenters. The third-order valence-electron chi connectivity index (χ3n) is 3.57. The summed E-state index contributed by atoms with van der Waals surface area (Å²) in [5, 5.41) is 16.9. The summed E-state index contributed by atoms with van der Waals surface area (Å²) < 4.78 is 1.79. The van der Waals surface area contributed by atoms with E-state index in [0.717, 1.165) is 0 Å². The minimum absolute atomic E-state index is 0.148. The van der Waals surface area contributed by atoms with Crippen molar-refractivity contribution in [2.75, 3.05) is 13.1 Å². The quantitative estimate of drug-likeness (QED) is 0.860. The Kier molecular flexibility index (Phi) is 5.41. The molecule has 0 unspecified atom stereocenters. The fourth-order valence-corrected chi connectivity index (χ4v) is 2.27. The molecule has 2 rings (SSSR count). The second kappa shape index (κ2) is 7.49.